The Labute approximate surface area is 130 Å². The van der Waals surface area contributed by atoms with Crippen molar-refractivity contribution >= 4 is 40.8 Å². The van der Waals surface area contributed by atoms with Crippen molar-refractivity contribution in [1.82, 2.24) is 0 Å². The fourth-order valence-corrected chi connectivity index (χ4v) is 3.15. The summed E-state index contributed by atoms with van der Waals surface area (Å²) < 4.78 is 28.7. The highest BCUT2D eigenvalue weighted by Gasteiger charge is 2.42. The van der Waals surface area contributed by atoms with Crippen LogP contribution in [0.2, 0.25) is 15.1 Å². The lowest BCUT2D eigenvalue weighted by Gasteiger charge is -2.29. The maximum absolute atomic E-state index is 14.4. The monoisotopic (exact) mass is 344 g/mol. The second-order valence-corrected chi connectivity index (χ2v) is 6.61. The normalized spacial score (nSPS) is 12.6. The summed E-state index contributed by atoms with van der Waals surface area (Å²) >= 11 is 17.3. The molecule has 0 aliphatic heterocycles. The minimum Gasteiger partial charge on any atom is -0.481 e. The van der Waals surface area contributed by atoms with Gasteiger partial charge in [-0.05, 0) is 17.5 Å². The van der Waals surface area contributed by atoms with Gasteiger partial charge in [-0.1, -0.05) is 48.7 Å². The summed E-state index contributed by atoms with van der Waals surface area (Å²) in [6, 6.07) is 2.37. The van der Waals surface area contributed by atoms with Gasteiger partial charge >= 0.3 is 5.97 Å². The number of benzene rings is 1. The molecule has 0 aliphatic carbocycles. The summed E-state index contributed by atoms with van der Waals surface area (Å²) in [7, 11) is 0. The van der Waals surface area contributed by atoms with E-state index in [1.165, 1.54) is 26.0 Å². The van der Waals surface area contributed by atoms with Crippen molar-refractivity contribution in [3.63, 3.8) is 0 Å². The Balaban J connectivity index is 3.14. The van der Waals surface area contributed by atoms with Gasteiger partial charge in [-0.25, -0.2) is 8.78 Å². The Bertz CT molecular complexity index is 507. The van der Waals surface area contributed by atoms with Crippen molar-refractivity contribution in [3.05, 3.63) is 32.8 Å². The minimum absolute atomic E-state index is 0.157. The van der Waals surface area contributed by atoms with Crippen LogP contribution < -0.4 is 0 Å². The number of halogens is 5. The van der Waals surface area contributed by atoms with E-state index in [1.54, 1.807) is 0 Å². The number of hydrogen-bond acceptors (Lipinski definition) is 1. The largest absolute Gasteiger partial charge is 0.481 e. The predicted molar refractivity (Wildman–Crippen MR) is 76.0 cm³/mol. The van der Waals surface area contributed by atoms with Crippen LogP contribution in [0, 0.1) is 5.41 Å². The molecule has 0 atom stereocenters. The average molecular weight is 346 g/mol. The highest BCUT2D eigenvalue weighted by Crippen LogP contribution is 2.47. The summed E-state index contributed by atoms with van der Waals surface area (Å²) in [5.41, 5.74) is -1.63. The van der Waals surface area contributed by atoms with Crippen LogP contribution in [-0.2, 0) is 10.7 Å². The third kappa shape index (κ3) is 4.47. The molecule has 0 saturated carbocycles. The summed E-state index contributed by atoms with van der Waals surface area (Å²) in [6.07, 6.45) is -1.07. The van der Waals surface area contributed by atoms with Crippen molar-refractivity contribution in [1.29, 1.82) is 0 Å². The van der Waals surface area contributed by atoms with Gasteiger partial charge in [0.15, 0.2) is 0 Å². The van der Waals surface area contributed by atoms with E-state index < -0.39 is 29.3 Å². The van der Waals surface area contributed by atoms with Crippen LogP contribution in [0.25, 0.3) is 0 Å². The molecule has 0 unspecified atom stereocenters. The third-order valence-corrected chi connectivity index (χ3v) is 3.52. The quantitative estimate of drug-likeness (QED) is 0.751. The zero-order valence-electron chi connectivity index (χ0n) is 10.8. The first-order valence-electron chi connectivity index (χ1n) is 5.69. The SMILES string of the molecule is CC(C)(CC(=O)O)CC(F)(F)c1c(Cl)cc(Cl)cc1Cl. The summed E-state index contributed by atoms with van der Waals surface area (Å²) in [4.78, 5) is 10.7. The molecule has 0 heterocycles. The molecule has 0 bridgehead atoms. The smallest absolute Gasteiger partial charge is 0.303 e. The topological polar surface area (TPSA) is 37.3 Å². The van der Waals surface area contributed by atoms with Gasteiger partial charge in [-0.15, -0.1) is 0 Å². The summed E-state index contributed by atoms with van der Waals surface area (Å²) in [5, 5.41) is 8.43. The second kappa shape index (κ2) is 6.04. The van der Waals surface area contributed by atoms with Gasteiger partial charge in [0.25, 0.3) is 5.92 Å². The van der Waals surface area contributed by atoms with Crippen molar-refractivity contribution in [2.75, 3.05) is 0 Å². The van der Waals surface area contributed by atoms with E-state index in [1.807, 2.05) is 0 Å². The lowest BCUT2D eigenvalue weighted by molar-refractivity contribution is -0.140. The molecule has 0 spiro atoms. The standard InChI is InChI=1S/C13H13Cl3F2O2/c1-12(2,5-10(19)20)6-13(17,18)11-8(15)3-7(14)4-9(11)16/h3-4H,5-6H2,1-2H3,(H,19,20). The van der Waals surface area contributed by atoms with Gasteiger partial charge in [0.05, 0.1) is 22.0 Å². The second-order valence-electron chi connectivity index (χ2n) is 5.36. The van der Waals surface area contributed by atoms with Crippen molar-refractivity contribution in [3.8, 4) is 0 Å². The molecule has 7 heteroatoms. The Morgan fingerprint density at radius 2 is 1.65 bits per heavy atom. The lowest BCUT2D eigenvalue weighted by Crippen LogP contribution is -2.27. The Kier molecular flexibility index (Phi) is 5.28. The van der Waals surface area contributed by atoms with Crippen LogP contribution in [0.1, 0.15) is 32.3 Å². The number of rotatable bonds is 5. The van der Waals surface area contributed by atoms with E-state index >= 15 is 0 Å². The lowest BCUT2D eigenvalue weighted by atomic mass is 9.81. The molecule has 0 saturated heterocycles. The molecular formula is C13H13Cl3F2O2. The molecule has 20 heavy (non-hydrogen) atoms. The van der Waals surface area contributed by atoms with Crippen molar-refractivity contribution in [2.24, 2.45) is 5.41 Å². The maximum Gasteiger partial charge on any atom is 0.303 e. The Hall–Kier alpha value is -0.580. The number of hydrogen-bond donors (Lipinski definition) is 1. The number of carboxylic acid groups (broad SMARTS) is 1. The minimum atomic E-state index is -3.35. The number of aliphatic carboxylic acids is 1. The number of carboxylic acids is 1. The fraction of sp³-hybridized carbons (Fsp3) is 0.462. The Morgan fingerprint density at radius 1 is 1.20 bits per heavy atom. The molecule has 1 N–H and O–H groups in total. The first kappa shape index (κ1) is 17.5. The van der Waals surface area contributed by atoms with Crippen LogP contribution >= 0.6 is 34.8 Å². The Morgan fingerprint density at radius 3 is 2.05 bits per heavy atom. The molecule has 2 nitrogen and oxygen atoms in total. The van der Waals surface area contributed by atoms with Crippen LogP contribution in [0.5, 0.6) is 0 Å². The molecule has 112 valence electrons. The van der Waals surface area contributed by atoms with Crippen LogP contribution in [-0.4, -0.2) is 11.1 Å². The van der Waals surface area contributed by atoms with E-state index in [4.69, 9.17) is 39.9 Å². The zero-order valence-corrected chi connectivity index (χ0v) is 13.1. The molecule has 1 aromatic carbocycles. The maximum atomic E-state index is 14.4. The molecule has 0 aromatic heterocycles. The van der Waals surface area contributed by atoms with Gasteiger partial charge < -0.3 is 5.11 Å². The van der Waals surface area contributed by atoms with Crippen LogP contribution in [0.15, 0.2) is 12.1 Å². The molecular weight excluding hydrogens is 332 g/mol. The highest BCUT2D eigenvalue weighted by atomic mass is 35.5. The molecule has 0 radical (unpaired) electrons. The molecule has 1 rings (SSSR count). The number of alkyl halides is 2. The van der Waals surface area contributed by atoms with Crippen molar-refractivity contribution in [2.45, 2.75) is 32.6 Å². The van der Waals surface area contributed by atoms with Gasteiger partial charge in [0, 0.05) is 11.4 Å². The van der Waals surface area contributed by atoms with E-state index in [0.717, 1.165) is 0 Å². The summed E-state index contributed by atoms with van der Waals surface area (Å²) in [5.74, 6) is -4.49. The van der Waals surface area contributed by atoms with Gasteiger partial charge in [-0.2, -0.15) is 0 Å². The number of carbonyl (C=O) groups is 1. The van der Waals surface area contributed by atoms with E-state index in [0.29, 0.717) is 0 Å². The van der Waals surface area contributed by atoms with Gasteiger partial charge in [0.2, 0.25) is 0 Å². The zero-order chi connectivity index (χ0) is 15.7. The average Bonchev–Trinajstić information content (AvgIpc) is 2.08. The molecule has 0 aliphatic rings. The predicted octanol–water partition coefficient (Wildman–Crippen LogP) is 5.63. The van der Waals surface area contributed by atoms with E-state index in [2.05, 4.69) is 0 Å². The molecule has 0 fully saturated rings. The fourth-order valence-electron chi connectivity index (χ4n) is 2.05. The third-order valence-electron chi connectivity index (χ3n) is 2.70. The van der Waals surface area contributed by atoms with Crippen LogP contribution in [0.3, 0.4) is 0 Å². The highest BCUT2D eigenvalue weighted by molar-refractivity contribution is 6.39. The van der Waals surface area contributed by atoms with Crippen LogP contribution in [0.4, 0.5) is 8.78 Å². The van der Waals surface area contributed by atoms with Gasteiger partial charge in [-0.3, -0.25) is 4.79 Å². The molecule has 1 aromatic rings. The van der Waals surface area contributed by atoms with E-state index in [-0.39, 0.29) is 21.5 Å². The van der Waals surface area contributed by atoms with Crippen molar-refractivity contribution < 1.29 is 18.7 Å². The first-order valence-corrected chi connectivity index (χ1v) is 6.83. The van der Waals surface area contributed by atoms with Gasteiger partial charge in [0.1, 0.15) is 0 Å². The first-order chi connectivity index (χ1) is 8.94. The molecule has 0 amide bonds. The summed E-state index contributed by atoms with van der Waals surface area (Å²) in [6.45, 7) is 2.90. The van der Waals surface area contributed by atoms with E-state index in [9.17, 15) is 13.6 Å².